The summed E-state index contributed by atoms with van der Waals surface area (Å²) >= 11 is 0. The van der Waals surface area contributed by atoms with Crippen LogP contribution in [0.4, 0.5) is 0 Å². The number of likely N-dealkylation sites (N-methyl/N-ethyl adjacent to an activating group) is 1. The highest BCUT2D eigenvalue weighted by atomic mass is 32.2. The first-order valence-corrected chi connectivity index (χ1v) is 11.7. The first kappa shape index (κ1) is 26.3. The topological polar surface area (TPSA) is 80.7 Å². The minimum atomic E-state index is -3.84. The Balaban J connectivity index is 3.72. The van der Waals surface area contributed by atoms with Crippen molar-refractivity contribution in [2.45, 2.75) is 51.9 Å². The first-order chi connectivity index (χ1) is 12.4. The molecule has 0 unspecified atom stereocenters. The Labute approximate surface area is 166 Å². The van der Waals surface area contributed by atoms with Gasteiger partial charge in [0.2, 0.25) is 0 Å². The number of carbonyl (C=O) groups is 1. The van der Waals surface area contributed by atoms with E-state index in [2.05, 4.69) is 28.2 Å². The maximum absolute atomic E-state index is 11.6. The van der Waals surface area contributed by atoms with Crippen LogP contribution in [0.25, 0.3) is 0 Å². The van der Waals surface area contributed by atoms with Gasteiger partial charge in [0.25, 0.3) is 10.1 Å². The zero-order valence-electron chi connectivity index (χ0n) is 18.1. The van der Waals surface area contributed by atoms with Crippen LogP contribution in [0.1, 0.15) is 51.9 Å². The Bertz CT molecular complexity index is 518. The summed E-state index contributed by atoms with van der Waals surface area (Å²) < 4.78 is 36.8. The average Bonchev–Trinajstić information content (AvgIpc) is 2.47. The molecule has 8 heteroatoms. The maximum atomic E-state index is 11.6. The number of unbranched alkanes of at least 4 members (excludes halogenated alkanes) is 5. The van der Waals surface area contributed by atoms with Gasteiger partial charge in [-0.1, -0.05) is 12.8 Å². The summed E-state index contributed by atoms with van der Waals surface area (Å²) in [5, 5.41) is 0. The summed E-state index contributed by atoms with van der Waals surface area (Å²) in [6.45, 7) is 5.46. The van der Waals surface area contributed by atoms with E-state index in [1.165, 1.54) is 25.7 Å². The molecule has 0 aromatic heterocycles. The lowest BCUT2D eigenvalue weighted by Crippen LogP contribution is -2.45. The normalized spacial score (nSPS) is 13.0. The summed E-state index contributed by atoms with van der Waals surface area (Å²) in [6.07, 6.45) is 7.50. The van der Waals surface area contributed by atoms with Gasteiger partial charge in [0.05, 0.1) is 60.2 Å². The van der Waals surface area contributed by atoms with E-state index in [0.717, 1.165) is 37.0 Å². The number of hydrogen-bond donors (Lipinski definition) is 1. The van der Waals surface area contributed by atoms with Crippen molar-refractivity contribution in [1.29, 1.82) is 0 Å². The van der Waals surface area contributed by atoms with Crippen molar-refractivity contribution in [1.82, 2.24) is 0 Å². The van der Waals surface area contributed by atoms with Gasteiger partial charge in [0.1, 0.15) is 0 Å². The third-order valence-corrected chi connectivity index (χ3v) is 5.61. The molecule has 0 saturated heterocycles. The molecule has 0 atom stereocenters. The SMILES string of the molecule is CCOC(=O)C[N+](C)(C)CCCCCCCC[N+](C)(C)CCCS(=O)(=O)O. The van der Waals surface area contributed by atoms with Crippen LogP contribution in [0.5, 0.6) is 0 Å². The van der Waals surface area contributed by atoms with Crippen LogP contribution in [0.15, 0.2) is 0 Å². The molecule has 0 saturated carbocycles. The van der Waals surface area contributed by atoms with Crippen molar-refractivity contribution in [3.63, 3.8) is 0 Å². The minimum Gasteiger partial charge on any atom is -0.462 e. The van der Waals surface area contributed by atoms with Gasteiger partial charge in [-0.15, -0.1) is 0 Å². The summed E-state index contributed by atoms with van der Waals surface area (Å²) in [5.74, 6) is -0.278. The molecule has 0 aliphatic heterocycles. The lowest BCUT2D eigenvalue weighted by molar-refractivity contribution is -0.890. The molecule has 0 heterocycles. The van der Waals surface area contributed by atoms with E-state index in [9.17, 15) is 13.2 Å². The van der Waals surface area contributed by atoms with Gasteiger partial charge >= 0.3 is 5.97 Å². The van der Waals surface area contributed by atoms with E-state index in [0.29, 0.717) is 24.1 Å². The Kier molecular flexibility index (Phi) is 12.4. The van der Waals surface area contributed by atoms with Gasteiger partial charge in [-0.25, -0.2) is 4.79 Å². The van der Waals surface area contributed by atoms with Crippen molar-refractivity contribution in [2.75, 3.05) is 66.7 Å². The Morgan fingerprint density at radius 2 is 1.26 bits per heavy atom. The van der Waals surface area contributed by atoms with Crippen molar-refractivity contribution >= 4 is 16.1 Å². The van der Waals surface area contributed by atoms with Gasteiger partial charge < -0.3 is 13.7 Å². The zero-order chi connectivity index (χ0) is 21.0. The van der Waals surface area contributed by atoms with Gasteiger partial charge in [0.15, 0.2) is 6.54 Å². The molecule has 0 spiro atoms. The summed E-state index contributed by atoms with van der Waals surface area (Å²) in [6, 6.07) is 0. The summed E-state index contributed by atoms with van der Waals surface area (Å²) in [7, 11) is 4.50. The lowest BCUT2D eigenvalue weighted by atomic mass is 10.1. The molecule has 0 aromatic rings. The van der Waals surface area contributed by atoms with Gasteiger partial charge in [0, 0.05) is 6.42 Å². The maximum Gasteiger partial charge on any atom is 0.361 e. The molecule has 0 fully saturated rings. The molecule has 1 N–H and O–H groups in total. The lowest BCUT2D eigenvalue weighted by Gasteiger charge is -2.29. The molecule has 7 nitrogen and oxygen atoms in total. The van der Waals surface area contributed by atoms with Gasteiger partial charge in [-0.05, 0) is 32.6 Å². The van der Waals surface area contributed by atoms with Crippen LogP contribution < -0.4 is 0 Å². The largest absolute Gasteiger partial charge is 0.462 e. The molecule has 0 bridgehead atoms. The first-order valence-electron chi connectivity index (χ1n) is 10.1. The quantitative estimate of drug-likeness (QED) is 0.183. The van der Waals surface area contributed by atoms with Crippen LogP contribution in [-0.2, 0) is 19.6 Å². The van der Waals surface area contributed by atoms with Crippen LogP contribution in [0.3, 0.4) is 0 Å². The molecule has 0 amide bonds. The third kappa shape index (κ3) is 17.1. The van der Waals surface area contributed by atoms with Crippen molar-refractivity contribution < 1.29 is 31.5 Å². The standard InChI is InChI=1S/C19H41N2O5S/c1-6-26-19(22)18-21(4,5)15-12-10-8-7-9-11-14-20(2,3)16-13-17-27(23,24)25/h6-18H2,1-5H3/q+1/p+1. The number of rotatable bonds is 16. The average molecular weight is 411 g/mol. The van der Waals surface area contributed by atoms with Crippen molar-refractivity contribution in [2.24, 2.45) is 0 Å². The molecule has 0 aromatic carbocycles. The summed E-state index contributed by atoms with van der Waals surface area (Å²) in [4.78, 5) is 11.6. The van der Waals surface area contributed by atoms with Crippen LogP contribution in [-0.4, -0.2) is 94.6 Å². The van der Waals surface area contributed by atoms with Crippen LogP contribution in [0, 0.1) is 0 Å². The summed E-state index contributed by atoms with van der Waals surface area (Å²) in [5.41, 5.74) is 0. The Morgan fingerprint density at radius 1 is 0.815 bits per heavy atom. The molecule has 0 radical (unpaired) electrons. The minimum absolute atomic E-state index is 0.125. The van der Waals surface area contributed by atoms with E-state index in [4.69, 9.17) is 9.29 Å². The molecule has 0 rings (SSSR count). The second-order valence-corrected chi connectivity index (χ2v) is 10.3. The van der Waals surface area contributed by atoms with E-state index in [1.54, 1.807) is 0 Å². The number of quaternary nitrogens is 2. The molecular formula is C19H42N2O5S+2. The highest BCUT2D eigenvalue weighted by Crippen LogP contribution is 2.11. The second kappa shape index (κ2) is 12.7. The van der Waals surface area contributed by atoms with Gasteiger partial charge in [-0.3, -0.25) is 4.55 Å². The molecule has 0 aliphatic rings. The number of ether oxygens (including phenoxy) is 1. The van der Waals surface area contributed by atoms with E-state index in [-0.39, 0.29) is 11.7 Å². The van der Waals surface area contributed by atoms with Gasteiger partial charge in [-0.2, -0.15) is 8.42 Å². The number of hydrogen-bond acceptors (Lipinski definition) is 4. The third-order valence-electron chi connectivity index (χ3n) is 4.81. The highest BCUT2D eigenvalue weighted by molar-refractivity contribution is 7.85. The van der Waals surface area contributed by atoms with E-state index < -0.39 is 10.1 Å². The number of nitrogens with zero attached hydrogens (tertiary/aromatic N) is 2. The Hall–Kier alpha value is -0.700. The predicted molar refractivity (Wildman–Crippen MR) is 109 cm³/mol. The smallest absolute Gasteiger partial charge is 0.361 e. The van der Waals surface area contributed by atoms with Crippen molar-refractivity contribution in [3.05, 3.63) is 0 Å². The fraction of sp³-hybridized carbons (Fsp3) is 0.947. The van der Waals surface area contributed by atoms with Crippen LogP contribution >= 0.6 is 0 Å². The fourth-order valence-corrected chi connectivity index (χ4v) is 3.70. The Morgan fingerprint density at radius 3 is 1.74 bits per heavy atom. The molecule has 0 aliphatic carbocycles. The van der Waals surface area contributed by atoms with E-state index >= 15 is 0 Å². The predicted octanol–water partition coefficient (Wildman–Crippen LogP) is 2.32. The molecule has 162 valence electrons. The second-order valence-electron chi connectivity index (χ2n) is 8.77. The number of carbonyl (C=O) groups excluding carboxylic acids is 1. The fourth-order valence-electron chi connectivity index (χ4n) is 3.21. The highest BCUT2D eigenvalue weighted by Gasteiger charge is 2.20. The number of esters is 1. The molecule has 27 heavy (non-hydrogen) atoms. The monoisotopic (exact) mass is 410 g/mol. The van der Waals surface area contributed by atoms with Crippen LogP contribution in [0.2, 0.25) is 0 Å². The van der Waals surface area contributed by atoms with Crippen molar-refractivity contribution in [3.8, 4) is 0 Å². The van der Waals surface area contributed by atoms with E-state index in [1.807, 2.05) is 6.92 Å². The molecular weight excluding hydrogens is 368 g/mol. The zero-order valence-corrected chi connectivity index (χ0v) is 18.9.